The molecule has 0 aliphatic rings. The van der Waals surface area contributed by atoms with Crippen molar-refractivity contribution in [3.63, 3.8) is 0 Å². The zero-order valence-electron chi connectivity index (χ0n) is 16.0. The molecule has 28 heavy (non-hydrogen) atoms. The molecular weight excluding hydrogens is 396 g/mol. The van der Waals surface area contributed by atoms with Crippen LogP contribution in [0.2, 0.25) is 0 Å². The average molecular weight is 419 g/mol. The lowest BCUT2D eigenvalue weighted by molar-refractivity contribution is 0.0997. The molecule has 0 saturated heterocycles. The van der Waals surface area contributed by atoms with Crippen LogP contribution in [0.5, 0.6) is 5.75 Å². The molecule has 0 N–H and O–H groups in total. The van der Waals surface area contributed by atoms with E-state index in [1.165, 1.54) is 35.6 Å². The topological polar surface area (TPSA) is 77.7 Å². The predicted molar refractivity (Wildman–Crippen MR) is 111 cm³/mol. The molecule has 0 radical (unpaired) electrons. The maximum absolute atomic E-state index is 12.6. The summed E-state index contributed by atoms with van der Waals surface area (Å²) >= 11 is 1.42. The summed E-state index contributed by atoms with van der Waals surface area (Å²) in [6.07, 6.45) is 0. The molecule has 2 aromatic carbocycles. The number of carbonyl (C=O) groups excluding carboxylic acids is 1. The Hall–Kier alpha value is -2.45. The number of ether oxygens (including phenoxy) is 1. The first-order chi connectivity index (χ1) is 13.4. The van der Waals surface area contributed by atoms with E-state index < -0.39 is 15.7 Å². The van der Waals surface area contributed by atoms with E-state index in [-0.39, 0.29) is 10.6 Å². The van der Waals surface area contributed by atoms with Crippen LogP contribution in [0.3, 0.4) is 0 Å². The van der Waals surface area contributed by atoms with Crippen LogP contribution < -0.4 is 9.54 Å². The molecule has 0 atom stereocenters. The normalized spacial score (nSPS) is 12.5. The third kappa shape index (κ3) is 4.02. The average Bonchev–Trinajstić information content (AvgIpc) is 3.04. The Labute approximate surface area is 168 Å². The number of carbonyl (C=O) groups is 1. The molecule has 1 amide bonds. The molecule has 0 bridgehead atoms. The highest BCUT2D eigenvalue weighted by Gasteiger charge is 2.13. The molecule has 0 aliphatic heterocycles. The van der Waals surface area contributed by atoms with Gasteiger partial charge in [0.15, 0.2) is 14.6 Å². The molecule has 148 valence electrons. The van der Waals surface area contributed by atoms with Crippen molar-refractivity contribution in [1.29, 1.82) is 0 Å². The second-order valence-electron chi connectivity index (χ2n) is 6.04. The number of hydrogen-bond acceptors (Lipinski definition) is 5. The van der Waals surface area contributed by atoms with Crippen LogP contribution in [-0.2, 0) is 16.4 Å². The molecule has 1 aromatic heterocycles. The summed E-state index contributed by atoms with van der Waals surface area (Å²) in [5, 5.41) is 0. The van der Waals surface area contributed by atoms with Crippen LogP contribution in [0.4, 0.5) is 0 Å². The number of thiazole rings is 1. The summed E-state index contributed by atoms with van der Waals surface area (Å²) < 4.78 is 32.3. The summed E-state index contributed by atoms with van der Waals surface area (Å²) in [5.74, 6) is 0.400. The number of benzene rings is 2. The first-order valence-electron chi connectivity index (χ1n) is 9.07. The van der Waals surface area contributed by atoms with Crippen LogP contribution in [-0.4, -0.2) is 31.3 Å². The molecule has 0 aliphatic carbocycles. The molecule has 0 unspecified atom stereocenters. The Balaban J connectivity index is 2.00. The molecule has 6 nitrogen and oxygen atoms in total. The number of rotatable bonds is 6. The van der Waals surface area contributed by atoms with Crippen LogP contribution in [0.25, 0.3) is 10.2 Å². The smallest absolute Gasteiger partial charge is 0.279 e. The van der Waals surface area contributed by atoms with Gasteiger partial charge in [-0.3, -0.25) is 4.79 Å². The first-order valence-corrected chi connectivity index (χ1v) is 11.5. The number of aromatic nitrogens is 1. The van der Waals surface area contributed by atoms with Crippen LogP contribution in [0.15, 0.2) is 52.4 Å². The van der Waals surface area contributed by atoms with E-state index in [0.29, 0.717) is 23.5 Å². The molecule has 0 saturated carbocycles. The second kappa shape index (κ2) is 8.28. The van der Waals surface area contributed by atoms with Crippen molar-refractivity contribution in [2.45, 2.75) is 32.2 Å². The summed E-state index contributed by atoms with van der Waals surface area (Å²) in [6.45, 7) is 6.78. The molecule has 1 heterocycles. The van der Waals surface area contributed by atoms with Gasteiger partial charge in [0.25, 0.3) is 5.91 Å². The van der Waals surface area contributed by atoms with E-state index in [1.54, 1.807) is 6.92 Å². The predicted octanol–water partition coefficient (Wildman–Crippen LogP) is 3.66. The van der Waals surface area contributed by atoms with E-state index in [1.807, 2.05) is 36.6 Å². The lowest BCUT2D eigenvalue weighted by atomic mass is 10.2. The first kappa shape index (κ1) is 20.3. The summed E-state index contributed by atoms with van der Waals surface area (Å²) in [5.41, 5.74) is 1.34. The van der Waals surface area contributed by atoms with Crippen molar-refractivity contribution in [2.75, 3.05) is 12.4 Å². The fourth-order valence-corrected chi connectivity index (χ4v) is 4.83. The van der Waals surface area contributed by atoms with Gasteiger partial charge in [-0.1, -0.05) is 18.3 Å². The summed E-state index contributed by atoms with van der Waals surface area (Å²) in [4.78, 5) is 17.7. The molecule has 8 heteroatoms. The van der Waals surface area contributed by atoms with Gasteiger partial charge in [0.05, 0.1) is 27.5 Å². The molecule has 0 spiro atoms. The highest BCUT2D eigenvalue weighted by Crippen LogP contribution is 2.23. The quantitative estimate of drug-likeness (QED) is 0.612. The number of sulfone groups is 1. The van der Waals surface area contributed by atoms with E-state index in [9.17, 15) is 13.2 Å². The highest BCUT2D eigenvalue weighted by molar-refractivity contribution is 7.91. The maximum Gasteiger partial charge on any atom is 0.279 e. The van der Waals surface area contributed by atoms with Gasteiger partial charge in [-0.25, -0.2) is 8.42 Å². The SMILES string of the molecule is CCOc1ccc2c(c1)sc(=NC(=O)c1ccc(S(=O)(=O)CC)cc1)n2CC. The lowest BCUT2D eigenvalue weighted by Crippen LogP contribution is -2.16. The van der Waals surface area contributed by atoms with Gasteiger partial charge in [0.1, 0.15) is 5.75 Å². The van der Waals surface area contributed by atoms with Crippen molar-refractivity contribution in [1.82, 2.24) is 4.57 Å². The van der Waals surface area contributed by atoms with Crippen LogP contribution in [0, 0.1) is 0 Å². The van der Waals surface area contributed by atoms with Crippen molar-refractivity contribution in [3.8, 4) is 5.75 Å². The van der Waals surface area contributed by atoms with Gasteiger partial charge < -0.3 is 9.30 Å². The third-order valence-electron chi connectivity index (χ3n) is 4.32. The van der Waals surface area contributed by atoms with Gasteiger partial charge in [0, 0.05) is 12.1 Å². The Morgan fingerprint density at radius 2 is 1.82 bits per heavy atom. The standard InChI is InChI=1S/C20H22N2O4S2/c1-4-22-17-12-9-15(26-5-2)13-18(17)27-20(22)21-19(23)14-7-10-16(11-8-14)28(24,25)6-3/h7-13H,4-6H2,1-3H3. The Kier molecular flexibility index (Phi) is 6.00. The molecule has 0 fully saturated rings. The third-order valence-corrected chi connectivity index (χ3v) is 7.11. The molecular formula is C20H22N2O4S2. The van der Waals surface area contributed by atoms with Gasteiger partial charge in [0.2, 0.25) is 0 Å². The van der Waals surface area contributed by atoms with Gasteiger partial charge in [-0.05, 0) is 56.3 Å². The summed E-state index contributed by atoms with van der Waals surface area (Å²) in [7, 11) is -3.29. The van der Waals surface area contributed by atoms with Gasteiger partial charge in [-0.15, -0.1) is 0 Å². The van der Waals surface area contributed by atoms with Gasteiger partial charge >= 0.3 is 0 Å². The van der Waals surface area contributed by atoms with Crippen molar-refractivity contribution in [3.05, 3.63) is 52.8 Å². The largest absolute Gasteiger partial charge is 0.494 e. The summed E-state index contributed by atoms with van der Waals surface area (Å²) in [6, 6.07) is 11.7. The van der Waals surface area contributed by atoms with E-state index >= 15 is 0 Å². The Bertz CT molecular complexity index is 1170. The molecule has 3 rings (SSSR count). The van der Waals surface area contributed by atoms with Crippen molar-refractivity contribution in [2.24, 2.45) is 4.99 Å². The van der Waals surface area contributed by atoms with E-state index in [4.69, 9.17) is 4.74 Å². The minimum Gasteiger partial charge on any atom is -0.494 e. The monoisotopic (exact) mass is 418 g/mol. The maximum atomic E-state index is 12.6. The van der Waals surface area contributed by atoms with Crippen LogP contribution in [0.1, 0.15) is 31.1 Å². The van der Waals surface area contributed by atoms with Crippen molar-refractivity contribution >= 4 is 37.3 Å². The van der Waals surface area contributed by atoms with E-state index in [2.05, 4.69) is 4.99 Å². The Morgan fingerprint density at radius 3 is 2.43 bits per heavy atom. The number of fused-ring (bicyclic) bond motifs is 1. The zero-order valence-corrected chi connectivity index (χ0v) is 17.6. The van der Waals surface area contributed by atoms with E-state index in [0.717, 1.165) is 16.0 Å². The Morgan fingerprint density at radius 1 is 1.11 bits per heavy atom. The fourth-order valence-electron chi connectivity index (χ4n) is 2.82. The minimum atomic E-state index is -3.29. The lowest BCUT2D eigenvalue weighted by Gasteiger charge is -2.04. The number of nitrogens with zero attached hydrogens (tertiary/aromatic N) is 2. The zero-order chi connectivity index (χ0) is 20.3. The van der Waals surface area contributed by atoms with Crippen LogP contribution >= 0.6 is 11.3 Å². The second-order valence-corrected chi connectivity index (χ2v) is 9.32. The number of amides is 1. The highest BCUT2D eigenvalue weighted by atomic mass is 32.2. The van der Waals surface area contributed by atoms with Gasteiger partial charge in [-0.2, -0.15) is 4.99 Å². The minimum absolute atomic E-state index is 0.0205. The number of aryl methyl sites for hydroxylation is 1. The van der Waals surface area contributed by atoms with Crippen molar-refractivity contribution < 1.29 is 17.9 Å². The number of hydrogen-bond donors (Lipinski definition) is 0. The fraction of sp³-hybridized carbons (Fsp3) is 0.300. The molecule has 3 aromatic rings.